The summed E-state index contributed by atoms with van der Waals surface area (Å²) in [6.45, 7) is 3.59. The van der Waals surface area contributed by atoms with Crippen LogP contribution in [0, 0.1) is 13.8 Å². The zero-order valence-electron chi connectivity index (χ0n) is 18.8. The van der Waals surface area contributed by atoms with Crippen LogP contribution in [0.4, 0.5) is 27.8 Å². The van der Waals surface area contributed by atoms with E-state index in [9.17, 15) is 36.6 Å². The summed E-state index contributed by atoms with van der Waals surface area (Å²) >= 11 is 0. The van der Waals surface area contributed by atoms with Crippen LogP contribution < -0.4 is 10.3 Å². The summed E-state index contributed by atoms with van der Waals surface area (Å²) in [5, 5.41) is 10.1. The lowest BCUT2D eigenvalue weighted by atomic mass is 10.0. The first-order chi connectivity index (χ1) is 15.8. The predicted molar refractivity (Wildman–Crippen MR) is 113 cm³/mol. The number of aromatic nitrogens is 2. The number of hydrogen-bond donors (Lipinski definition) is 2. The Labute approximate surface area is 191 Å². The largest absolute Gasteiger partial charge is 0.503 e. The molecule has 2 aromatic heterocycles. The smallest absolute Gasteiger partial charge is 0.433 e. The zero-order valence-corrected chi connectivity index (χ0v) is 18.8. The maximum absolute atomic E-state index is 14.0. The fraction of sp³-hybridized carbons (Fsp3) is 0.500. The van der Waals surface area contributed by atoms with Crippen molar-refractivity contribution in [2.75, 3.05) is 24.6 Å². The van der Waals surface area contributed by atoms with Crippen LogP contribution in [0.25, 0.3) is 11.3 Å². The van der Waals surface area contributed by atoms with Gasteiger partial charge in [0.05, 0.1) is 18.0 Å². The lowest BCUT2D eigenvalue weighted by Crippen LogP contribution is -2.29. The van der Waals surface area contributed by atoms with E-state index in [1.807, 2.05) is 0 Å². The number of esters is 1. The van der Waals surface area contributed by atoms with Crippen molar-refractivity contribution in [1.82, 2.24) is 9.97 Å². The van der Waals surface area contributed by atoms with Crippen molar-refractivity contribution in [1.29, 1.82) is 0 Å². The maximum atomic E-state index is 14.0. The van der Waals surface area contributed by atoms with Gasteiger partial charge in [0.25, 0.3) is 0 Å². The van der Waals surface area contributed by atoms with E-state index in [1.165, 1.54) is 18.7 Å². The van der Waals surface area contributed by atoms with Gasteiger partial charge < -0.3 is 19.7 Å². The summed E-state index contributed by atoms with van der Waals surface area (Å²) in [5.41, 5.74) is -3.53. The molecule has 0 atom stereocenters. The molecule has 0 aromatic carbocycles. The van der Waals surface area contributed by atoms with Crippen LogP contribution in [0.1, 0.15) is 53.5 Å². The number of carbonyl (C=O) groups is 1. The number of aryl methyl sites for hydroxylation is 2. The molecule has 0 amide bonds. The van der Waals surface area contributed by atoms with E-state index < -0.39 is 53.3 Å². The van der Waals surface area contributed by atoms with E-state index in [1.54, 1.807) is 0 Å². The van der Waals surface area contributed by atoms with Crippen molar-refractivity contribution in [3.63, 3.8) is 0 Å². The number of H-pyrrole nitrogens is 1. The lowest BCUT2D eigenvalue weighted by Gasteiger charge is -2.26. The van der Waals surface area contributed by atoms with E-state index in [2.05, 4.69) is 9.97 Å². The van der Waals surface area contributed by atoms with Gasteiger partial charge in [0.15, 0.2) is 5.75 Å². The fourth-order valence-corrected chi connectivity index (χ4v) is 3.90. The number of aromatic hydroxyl groups is 1. The highest BCUT2D eigenvalue weighted by Crippen LogP contribution is 2.39. The SMILES string of the molecule is CCOC(=O)c1c(-c2cc(C)c(C(F)(F)F)nc2N2CCCC(F)(F)CC2)[nH]c(C)c(O)c1=O. The summed E-state index contributed by atoms with van der Waals surface area (Å²) in [7, 11) is 0. The average molecular weight is 489 g/mol. The second kappa shape index (κ2) is 9.22. The highest BCUT2D eigenvalue weighted by atomic mass is 19.4. The van der Waals surface area contributed by atoms with E-state index in [-0.39, 0.29) is 54.4 Å². The molecule has 1 aliphatic heterocycles. The van der Waals surface area contributed by atoms with Gasteiger partial charge in [0.2, 0.25) is 11.4 Å². The molecule has 3 heterocycles. The Hall–Kier alpha value is -3.18. The van der Waals surface area contributed by atoms with E-state index >= 15 is 0 Å². The predicted octanol–water partition coefficient (Wildman–Crippen LogP) is 4.58. The number of halogens is 5. The van der Waals surface area contributed by atoms with Crippen LogP contribution in [0.5, 0.6) is 5.75 Å². The van der Waals surface area contributed by atoms with Crippen LogP contribution in [-0.4, -0.2) is 46.7 Å². The van der Waals surface area contributed by atoms with Crippen molar-refractivity contribution in [2.24, 2.45) is 0 Å². The molecule has 0 saturated carbocycles. The first-order valence-corrected chi connectivity index (χ1v) is 10.6. The molecule has 0 spiro atoms. The molecule has 1 fully saturated rings. The summed E-state index contributed by atoms with van der Waals surface area (Å²) in [6.07, 6.45) is -5.85. The van der Waals surface area contributed by atoms with Gasteiger partial charge >= 0.3 is 12.1 Å². The second-order valence-electron chi connectivity index (χ2n) is 8.12. The average Bonchev–Trinajstić information content (AvgIpc) is 2.91. The maximum Gasteiger partial charge on any atom is 0.433 e. The van der Waals surface area contributed by atoms with E-state index in [0.717, 1.165) is 13.0 Å². The molecule has 0 aliphatic carbocycles. The molecule has 2 N–H and O–H groups in total. The number of pyridine rings is 2. The molecule has 7 nitrogen and oxygen atoms in total. The summed E-state index contributed by atoms with van der Waals surface area (Å²) in [5.74, 6) is -5.13. The summed E-state index contributed by atoms with van der Waals surface area (Å²) in [4.78, 5) is 33.1. The van der Waals surface area contributed by atoms with Crippen LogP contribution >= 0.6 is 0 Å². The van der Waals surface area contributed by atoms with Crippen molar-refractivity contribution >= 4 is 11.8 Å². The number of ether oxygens (including phenoxy) is 1. The van der Waals surface area contributed by atoms with E-state index in [0.29, 0.717) is 0 Å². The molecule has 186 valence electrons. The number of carbonyl (C=O) groups excluding carboxylic acids is 1. The molecule has 34 heavy (non-hydrogen) atoms. The van der Waals surface area contributed by atoms with Gasteiger partial charge in [-0.25, -0.2) is 18.6 Å². The van der Waals surface area contributed by atoms with Crippen molar-refractivity contribution in [3.8, 4) is 17.0 Å². The van der Waals surface area contributed by atoms with E-state index in [4.69, 9.17) is 4.74 Å². The Morgan fingerprint density at radius 2 is 1.94 bits per heavy atom. The Bertz CT molecular complexity index is 1160. The molecular formula is C22H24F5N3O4. The van der Waals surface area contributed by atoms with Gasteiger partial charge in [-0.05, 0) is 38.8 Å². The van der Waals surface area contributed by atoms with Gasteiger partial charge in [-0.1, -0.05) is 0 Å². The molecule has 3 rings (SSSR count). The molecule has 1 aliphatic rings. The van der Waals surface area contributed by atoms with Gasteiger partial charge in [-0.15, -0.1) is 0 Å². The topological polar surface area (TPSA) is 95.5 Å². The Morgan fingerprint density at radius 1 is 1.26 bits per heavy atom. The van der Waals surface area contributed by atoms with Crippen LogP contribution in [0.2, 0.25) is 0 Å². The van der Waals surface area contributed by atoms with Crippen molar-refractivity contribution < 1.29 is 36.6 Å². The molecule has 0 bridgehead atoms. The minimum atomic E-state index is -4.82. The number of nitrogens with zero attached hydrogens (tertiary/aromatic N) is 2. The van der Waals surface area contributed by atoms with Crippen molar-refractivity contribution in [2.45, 2.75) is 52.1 Å². The first kappa shape index (κ1) is 25.4. The highest BCUT2D eigenvalue weighted by Gasteiger charge is 2.38. The molecule has 12 heteroatoms. The standard InChI is InChI=1S/C22H24F5N3O4/c1-4-34-20(33)14-15(28-12(3)16(31)17(14)32)13-10-11(2)18(22(25,26)27)29-19(13)30-8-5-6-21(23,24)7-9-30/h10,31H,4-9H2,1-3H3,(H,28,32). The monoisotopic (exact) mass is 489 g/mol. The number of nitrogens with one attached hydrogen (secondary N) is 1. The minimum absolute atomic E-state index is 0.000787. The number of rotatable bonds is 4. The molecule has 0 unspecified atom stereocenters. The molecular weight excluding hydrogens is 465 g/mol. The summed E-state index contributed by atoms with van der Waals surface area (Å²) in [6, 6.07) is 1.10. The number of hydrogen-bond acceptors (Lipinski definition) is 6. The van der Waals surface area contributed by atoms with Crippen LogP contribution in [0.15, 0.2) is 10.9 Å². The molecule has 0 radical (unpaired) electrons. The highest BCUT2D eigenvalue weighted by molar-refractivity contribution is 5.98. The lowest BCUT2D eigenvalue weighted by molar-refractivity contribution is -0.141. The third-order valence-corrected chi connectivity index (χ3v) is 5.59. The fourth-order valence-electron chi connectivity index (χ4n) is 3.90. The van der Waals surface area contributed by atoms with Crippen LogP contribution in [-0.2, 0) is 10.9 Å². The van der Waals surface area contributed by atoms with Gasteiger partial charge in [-0.3, -0.25) is 4.79 Å². The van der Waals surface area contributed by atoms with Crippen LogP contribution in [0.3, 0.4) is 0 Å². The van der Waals surface area contributed by atoms with Crippen molar-refractivity contribution in [3.05, 3.63) is 38.8 Å². The van der Waals surface area contributed by atoms with Gasteiger partial charge in [-0.2, -0.15) is 13.2 Å². The van der Waals surface area contributed by atoms with Gasteiger partial charge in [0.1, 0.15) is 17.1 Å². The number of alkyl halides is 5. The van der Waals surface area contributed by atoms with Gasteiger partial charge in [0, 0.05) is 31.5 Å². The Kier molecular flexibility index (Phi) is 6.90. The first-order valence-electron chi connectivity index (χ1n) is 10.6. The molecule has 1 saturated heterocycles. The number of aromatic amines is 1. The Balaban J connectivity index is 2.33. The third-order valence-electron chi connectivity index (χ3n) is 5.59. The third kappa shape index (κ3) is 5.00. The second-order valence-corrected chi connectivity index (χ2v) is 8.12. The zero-order chi connectivity index (χ0) is 25.4. The molecule has 2 aromatic rings. The minimum Gasteiger partial charge on any atom is -0.503 e. The normalized spacial score (nSPS) is 16.3. The Morgan fingerprint density at radius 3 is 2.56 bits per heavy atom. The number of anilines is 1. The quantitative estimate of drug-likeness (QED) is 0.482. The summed E-state index contributed by atoms with van der Waals surface area (Å²) < 4.78 is 73.8.